The number of hydrogen-bond donors (Lipinski definition) is 2. The number of benzene rings is 1. The summed E-state index contributed by atoms with van der Waals surface area (Å²) < 4.78 is 10.5. The highest BCUT2D eigenvalue weighted by molar-refractivity contribution is 5.85. The molecular weight excluding hydrogens is 342 g/mol. The lowest BCUT2D eigenvalue weighted by atomic mass is 10.0. The van der Waals surface area contributed by atoms with Crippen LogP contribution in [0.2, 0.25) is 0 Å². The van der Waals surface area contributed by atoms with Gasteiger partial charge in [-0.25, -0.2) is 0 Å². The molecule has 1 aliphatic heterocycles. The lowest BCUT2D eigenvalue weighted by molar-refractivity contribution is -0.126. The van der Waals surface area contributed by atoms with Crippen molar-refractivity contribution in [2.75, 3.05) is 34.4 Å². The third kappa shape index (κ3) is 5.76. The molecule has 2 rings (SSSR count). The topological polar surface area (TPSA) is 62.8 Å². The first-order valence-electron chi connectivity index (χ1n) is 8.49. The minimum Gasteiger partial charge on any atom is -0.493 e. The highest BCUT2D eigenvalue weighted by Gasteiger charge is 2.26. The summed E-state index contributed by atoms with van der Waals surface area (Å²) in [5.41, 5.74) is 0.986. The third-order valence-corrected chi connectivity index (χ3v) is 4.70. The Morgan fingerprint density at radius 2 is 2.04 bits per heavy atom. The van der Waals surface area contributed by atoms with Crippen molar-refractivity contribution >= 4 is 18.3 Å². The van der Waals surface area contributed by atoms with Crippen LogP contribution >= 0.6 is 12.4 Å². The molecule has 2 atom stereocenters. The Morgan fingerprint density at radius 1 is 1.32 bits per heavy atom. The van der Waals surface area contributed by atoms with Crippen LogP contribution in [0.4, 0.5) is 0 Å². The van der Waals surface area contributed by atoms with Crippen molar-refractivity contribution in [3.63, 3.8) is 0 Å². The number of likely N-dealkylation sites (tertiary alicyclic amines) is 1. The quantitative estimate of drug-likeness (QED) is 0.765. The van der Waals surface area contributed by atoms with Gasteiger partial charge in [0.25, 0.3) is 0 Å². The summed E-state index contributed by atoms with van der Waals surface area (Å²) >= 11 is 0. The Kier molecular flexibility index (Phi) is 9.03. The van der Waals surface area contributed by atoms with Gasteiger partial charge in [-0.1, -0.05) is 6.07 Å². The molecule has 25 heavy (non-hydrogen) atoms. The van der Waals surface area contributed by atoms with Gasteiger partial charge in [0.2, 0.25) is 5.91 Å². The molecule has 6 nitrogen and oxygen atoms in total. The van der Waals surface area contributed by atoms with E-state index in [0.717, 1.165) is 25.1 Å². The molecule has 0 spiro atoms. The lowest BCUT2D eigenvalue weighted by Crippen LogP contribution is -2.52. The average molecular weight is 372 g/mol. The molecular formula is C18H30ClN3O3. The number of carbonyl (C=O) groups excluding carboxylic acids is 1. The molecule has 1 amide bonds. The summed E-state index contributed by atoms with van der Waals surface area (Å²) in [7, 11) is 5.20. The van der Waals surface area contributed by atoms with Crippen molar-refractivity contribution in [2.24, 2.45) is 0 Å². The van der Waals surface area contributed by atoms with Crippen molar-refractivity contribution in [3.05, 3.63) is 23.8 Å². The van der Waals surface area contributed by atoms with Gasteiger partial charge in [0.15, 0.2) is 11.5 Å². The van der Waals surface area contributed by atoms with E-state index in [0.29, 0.717) is 24.1 Å². The standard InChI is InChI=1S/C18H29N3O3.ClH/c1-13(21-9-5-6-15(12-21)19-2)18(22)20-11-14-7-8-16(23-3)17(10-14)24-4;/h7-8,10,13,15,19H,5-6,9,11-12H2,1-4H3,(H,20,22);1H. The maximum Gasteiger partial charge on any atom is 0.237 e. The maximum atomic E-state index is 12.5. The number of likely N-dealkylation sites (N-methyl/N-ethyl adjacent to an activating group) is 1. The fourth-order valence-corrected chi connectivity index (χ4v) is 3.09. The molecule has 0 saturated carbocycles. The minimum absolute atomic E-state index is 0. The molecule has 1 saturated heterocycles. The third-order valence-electron chi connectivity index (χ3n) is 4.70. The largest absolute Gasteiger partial charge is 0.493 e. The van der Waals surface area contributed by atoms with Crippen LogP contribution in [0.1, 0.15) is 25.3 Å². The molecule has 1 heterocycles. The zero-order valence-electron chi connectivity index (χ0n) is 15.5. The maximum absolute atomic E-state index is 12.5. The first-order valence-corrected chi connectivity index (χ1v) is 8.49. The molecule has 1 fully saturated rings. The summed E-state index contributed by atoms with van der Waals surface area (Å²) in [5.74, 6) is 1.42. The average Bonchev–Trinajstić information content (AvgIpc) is 2.65. The molecule has 1 aromatic carbocycles. The molecule has 0 radical (unpaired) electrons. The monoisotopic (exact) mass is 371 g/mol. The van der Waals surface area contributed by atoms with Gasteiger partial charge >= 0.3 is 0 Å². The molecule has 0 aliphatic carbocycles. The Bertz CT molecular complexity index is 556. The molecule has 0 aromatic heterocycles. The number of ether oxygens (including phenoxy) is 2. The number of rotatable bonds is 7. The van der Waals surface area contributed by atoms with E-state index in [9.17, 15) is 4.79 Å². The zero-order chi connectivity index (χ0) is 17.5. The molecule has 1 aromatic rings. The number of methoxy groups -OCH3 is 2. The van der Waals surface area contributed by atoms with Gasteiger partial charge in [0, 0.05) is 19.1 Å². The first-order chi connectivity index (χ1) is 11.6. The van der Waals surface area contributed by atoms with Crippen LogP contribution in [0.3, 0.4) is 0 Å². The van der Waals surface area contributed by atoms with Gasteiger partial charge in [-0.2, -0.15) is 0 Å². The van der Waals surface area contributed by atoms with E-state index in [-0.39, 0.29) is 24.4 Å². The van der Waals surface area contributed by atoms with E-state index in [4.69, 9.17) is 9.47 Å². The predicted molar refractivity (Wildman–Crippen MR) is 102 cm³/mol. The fourth-order valence-electron chi connectivity index (χ4n) is 3.09. The van der Waals surface area contributed by atoms with Crippen molar-refractivity contribution in [3.8, 4) is 11.5 Å². The van der Waals surface area contributed by atoms with Gasteiger partial charge in [-0.3, -0.25) is 9.69 Å². The number of amides is 1. The van der Waals surface area contributed by atoms with E-state index in [2.05, 4.69) is 15.5 Å². The van der Waals surface area contributed by atoms with E-state index in [1.165, 1.54) is 6.42 Å². The summed E-state index contributed by atoms with van der Waals surface area (Å²) in [6.45, 7) is 4.35. The number of hydrogen-bond acceptors (Lipinski definition) is 5. The van der Waals surface area contributed by atoms with Crippen LogP contribution < -0.4 is 20.1 Å². The molecule has 7 heteroatoms. The zero-order valence-corrected chi connectivity index (χ0v) is 16.3. The summed E-state index contributed by atoms with van der Waals surface area (Å²) in [4.78, 5) is 14.7. The van der Waals surface area contributed by atoms with E-state index in [1.807, 2.05) is 32.2 Å². The van der Waals surface area contributed by atoms with Gasteiger partial charge in [-0.05, 0) is 51.1 Å². The van der Waals surface area contributed by atoms with Gasteiger partial charge in [-0.15, -0.1) is 12.4 Å². The number of piperidine rings is 1. The van der Waals surface area contributed by atoms with Crippen LogP contribution in [0.15, 0.2) is 18.2 Å². The Balaban J connectivity index is 0.00000312. The summed E-state index contributed by atoms with van der Waals surface area (Å²) in [6, 6.07) is 6.03. The van der Waals surface area contributed by atoms with E-state index < -0.39 is 0 Å². The number of carbonyl (C=O) groups is 1. The highest BCUT2D eigenvalue weighted by atomic mass is 35.5. The molecule has 2 unspecified atom stereocenters. The highest BCUT2D eigenvalue weighted by Crippen LogP contribution is 2.27. The van der Waals surface area contributed by atoms with Crippen LogP contribution in [0.25, 0.3) is 0 Å². The minimum atomic E-state index is -0.124. The van der Waals surface area contributed by atoms with Crippen molar-refractivity contribution in [1.29, 1.82) is 0 Å². The SMILES string of the molecule is CNC1CCCN(C(C)C(=O)NCc2ccc(OC)c(OC)c2)C1.Cl. The summed E-state index contributed by atoms with van der Waals surface area (Å²) in [5, 5.41) is 6.33. The van der Waals surface area contributed by atoms with Crippen molar-refractivity contribution in [2.45, 2.75) is 38.4 Å². The lowest BCUT2D eigenvalue weighted by Gasteiger charge is -2.35. The van der Waals surface area contributed by atoms with E-state index in [1.54, 1.807) is 14.2 Å². The second-order valence-corrected chi connectivity index (χ2v) is 6.21. The molecule has 1 aliphatic rings. The van der Waals surface area contributed by atoms with Crippen LogP contribution in [0, 0.1) is 0 Å². The van der Waals surface area contributed by atoms with Gasteiger partial charge < -0.3 is 20.1 Å². The number of nitrogens with zero attached hydrogens (tertiary/aromatic N) is 1. The smallest absolute Gasteiger partial charge is 0.237 e. The van der Waals surface area contributed by atoms with E-state index >= 15 is 0 Å². The normalized spacial score (nSPS) is 18.8. The predicted octanol–water partition coefficient (Wildman–Crippen LogP) is 1.81. The fraction of sp³-hybridized carbons (Fsp3) is 0.611. The Hall–Kier alpha value is -1.50. The molecule has 0 bridgehead atoms. The van der Waals surface area contributed by atoms with Crippen molar-refractivity contribution in [1.82, 2.24) is 15.5 Å². The molecule has 2 N–H and O–H groups in total. The first kappa shape index (κ1) is 21.5. The Morgan fingerprint density at radius 3 is 2.68 bits per heavy atom. The molecule has 142 valence electrons. The van der Waals surface area contributed by atoms with Crippen LogP contribution in [-0.4, -0.2) is 57.2 Å². The number of nitrogens with one attached hydrogen (secondary N) is 2. The van der Waals surface area contributed by atoms with Crippen LogP contribution in [-0.2, 0) is 11.3 Å². The number of halogens is 1. The summed E-state index contributed by atoms with van der Waals surface area (Å²) in [6.07, 6.45) is 2.30. The second-order valence-electron chi connectivity index (χ2n) is 6.21. The van der Waals surface area contributed by atoms with Gasteiger partial charge in [0.1, 0.15) is 0 Å². The Labute approximate surface area is 156 Å². The second kappa shape index (κ2) is 10.5. The van der Waals surface area contributed by atoms with Crippen molar-refractivity contribution < 1.29 is 14.3 Å². The van der Waals surface area contributed by atoms with Crippen LogP contribution in [0.5, 0.6) is 11.5 Å². The van der Waals surface area contributed by atoms with Gasteiger partial charge in [0.05, 0.1) is 20.3 Å².